The molecule has 0 radical (unpaired) electrons. The molecule has 5 nitrogen and oxygen atoms in total. The number of benzene rings is 1. The molecule has 0 fully saturated rings. The molecular weight excluding hydrogens is 434 g/mol. The number of rotatable bonds is 5. The van der Waals surface area contributed by atoms with Gasteiger partial charge in [-0.05, 0) is 35.9 Å². The lowest BCUT2D eigenvalue weighted by molar-refractivity contribution is 0.0950. The van der Waals surface area contributed by atoms with Crippen LogP contribution in [0.4, 0.5) is 4.39 Å². The lowest BCUT2D eigenvalue weighted by atomic mass is 10.2. The molecule has 0 aliphatic heterocycles. The van der Waals surface area contributed by atoms with Crippen LogP contribution in [-0.4, -0.2) is 21.1 Å². The highest BCUT2D eigenvalue weighted by atomic mass is 35.5. The second-order valence-electron chi connectivity index (χ2n) is 5.23. The van der Waals surface area contributed by atoms with Gasteiger partial charge in [0.05, 0.1) is 5.03 Å². The van der Waals surface area contributed by atoms with Gasteiger partial charge in [0.15, 0.2) is 5.01 Å². The number of aromatic nitrogens is 3. The summed E-state index contributed by atoms with van der Waals surface area (Å²) in [7, 11) is 0. The fourth-order valence-corrected chi connectivity index (χ4v) is 3.34. The molecule has 0 bridgehead atoms. The van der Waals surface area contributed by atoms with Crippen molar-refractivity contribution in [2.45, 2.75) is 6.54 Å². The highest BCUT2D eigenvalue weighted by molar-refractivity contribution is 7.15. The van der Waals surface area contributed by atoms with Crippen molar-refractivity contribution in [2.24, 2.45) is 0 Å². The first-order valence-electron chi connectivity index (χ1n) is 7.48. The number of carbonyl (C=O) groups is 1. The molecule has 0 atom stereocenters. The second-order valence-corrected chi connectivity index (χ2v) is 7.36. The monoisotopic (exact) mass is 442 g/mol. The van der Waals surface area contributed by atoms with Gasteiger partial charge in [-0.2, -0.15) is 0 Å². The van der Waals surface area contributed by atoms with Crippen LogP contribution in [0.15, 0.2) is 36.4 Å². The lowest BCUT2D eigenvalue weighted by Gasteiger charge is -2.02. The van der Waals surface area contributed by atoms with Crippen molar-refractivity contribution in [3.8, 4) is 0 Å². The fourth-order valence-electron chi connectivity index (χ4n) is 2.00. The zero-order valence-corrected chi connectivity index (χ0v) is 16.5. The van der Waals surface area contributed by atoms with Gasteiger partial charge in [0, 0.05) is 12.1 Å². The molecular formula is C17H10Cl3FN4OS. The molecule has 1 aromatic carbocycles. The Morgan fingerprint density at radius 3 is 2.52 bits per heavy atom. The van der Waals surface area contributed by atoms with E-state index in [0.717, 1.165) is 16.9 Å². The molecule has 0 spiro atoms. The van der Waals surface area contributed by atoms with Gasteiger partial charge in [-0.25, -0.2) is 9.37 Å². The van der Waals surface area contributed by atoms with Crippen LogP contribution < -0.4 is 5.32 Å². The standard InChI is InChI=1S/C17H10Cl3FN4OS/c18-12(7-10-3-6-13(19)23-14(10)20)16-24-25-17(27-16)15(26)22-8-9-1-4-11(21)5-2-9/h1-7H,8H2,(H,22,26)/b12-7-. The minimum absolute atomic E-state index is 0.152. The number of hydrogen-bond donors (Lipinski definition) is 1. The van der Waals surface area contributed by atoms with E-state index < -0.39 is 5.91 Å². The van der Waals surface area contributed by atoms with Crippen LogP contribution in [0.25, 0.3) is 11.1 Å². The summed E-state index contributed by atoms with van der Waals surface area (Å²) >= 11 is 19.0. The highest BCUT2D eigenvalue weighted by Gasteiger charge is 2.15. The predicted octanol–water partition coefficient (Wildman–Crippen LogP) is 5.05. The molecule has 2 aromatic heterocycles. The van der Waals surface area contributed by atoms with Gasteiger partial charge < -0.3 is 5.32 Å². The van der Waals surface area contributed by atoms with Crippen molar-refractivity contribution in [3.63, 3.8) is 0 Å². The zero-order valence-electron chi connectivity index (χ0n) is 13.4. The summed E-state index contributed by atoms with van der Waals surface area (Å²) in [5.41, 5.74) is 1.32. The van der Waals surface area contributed by atoms with Crippen LogP contribution in [0.5, 0.6) is 0 Å². The van der Waals surface area contributed by atoms with E-state index in [2.05, 4.69) is 20.5 Å². The molecule has 0 saturated heterocycles. The van der Waals surface area contributed by atoms with Gasteiger partial charge in [-0.15, -0.1) is 10.2 Å². The number of halogens is 4. The van der Waals surface area contributed by atoms with Gasteiger partial charge in [-0.1, -0.05) is 58.3 Å². The number of hydrogen-bond acceptors (Lipinski definition) is 5. The Balaban J connectivity index is 1.68. The third kappa shape index (κ3) is 5.23. The summed E-state index contributed by atoms with van der Waals surface area (Å²) in [6, 6.07) is 9.07. The van der Waals surface area contributed by atoms with Crippen LogP contribution in [-0.2, 0) is 6.54 Å². The molecule has 1 N–H and O–H groups in total. The summed E-state index contributed by atoms with van der Waals surface area (Å²) in [5.74, 6) is -0.741. The van der Waals surface area contributed by atoms with Gasteiger partial charge in [0.2, 0.25) is 5.01 Å². The largest absolute Gasteiger partial charge is 0.346 e. The minimum Gasteiger partial charge on any atom is -0.346 e. The average molecular weight is 444 g/mol. The molecule has 0 saturated carbocycles. The molecule has 0 aliphatic rings. The minimum atomic E-state index is -0.404. The summed E-state index contributed by atoms with van der Waals surface area (Å²) in [4.78, 5) is 16.1. The van der Waals surface area contributed by atoms with Crippen molar-refractivity contribution in [1.29, 1.82) is 0 Å². The van der Waals surface area contributed by atoms with Crippen LogP contribution >= 0.6 is 46.1 Å². The van der Waals surface area contributed by atoms with Crippen molar-refractivity contribution in [3.05, 3.63) is 73.7 Å². The predicted molar refractivity (Wildman–Crippen MR) is 105 cm³/mol. The quantitative estimate of drug-likeness (QED) is 0.561. The van der Waals surface area contributed by atoms with E-state index in [9.17, 15) is 9.18 Å². The molecule has 138 valence electrons. The third-order valence-electron chi connectivity index (χ3n) is 3.32. The normalized spacial score (nSPS) is 11.5. The number of carbonyl (C=O) groups excluding carboxylic acids is 1. The maximum absolute atomic E-state index is 12.9. The molecule has 27 heavy (non-hydrogen) atoms. The molecule has 10 heteroatoms. The van der Waals surface area contributed by atoms with Gasteiger partial charge in [0.25, 0.3) is 5.91 Å². The molecule has 3 aromatic rings. The summed E-state index contributed by atoms with van der Waals surface area (Å²) in [5, 5.41) is 11.7. The van der Waals surface area contributed by atoms with E-state index >= 15 is 0 Å². The molecule has 1 amide bonds. The Kier molecular flexibility index (Phi) is 6.38. The smallest absolute Gasteiger partial charge is 0.282 e. The summed E-state index contributed by atoms with van der Waals surface area (Å²) in [6.07, 6.45) is 1.56. The SMILES string of the molecule is O=C(NCc1ccc(F)cc1)c1nnc(/C(Cl)=C/c2ccc(Cl)nc2Cl)s1. The zero-order chi connectivity index (χ0) is 19.4. The molecule has 0 aliphatic carbocycles. The van der Waals surface area contributed by atoms with Crippen LogP contribution in [0, 0.1) is 5.82 Å². The number of nitrogens with one attached hydrogen (secondary N) is 1. The lowest BCUT2D eigenvalue weighted by Crippen LogP contribution is -2.22. The van der Waals surface area contributed by atoms with E-state index in [1.54, 1.807) is 30.3 Å². The Labute approximate surface area is 172 Å². The maximum atomic E-state index is 12.9. The maximum Gasteiger partial charge on any atom is 0.282 e. The van der Waals surface area contributed by atoms with Crippen LogP contribution in [0.1, 0.15) is 25.9 Å². The number of amides is 1. The average Bonchev–Trinajstić information content (AvgIpc) is 3.14. The van der Waals surface area contributed by atoms with Crippen molar-refractivity contribution in [1.82, 2.24) is 20.5 Å². The van der Waals surface area contributed by atoms with Gasteiger partial charge in [0.1, 0.15) is 16.1 Å². The second kappa shape index (κ2) is 8.75. The molecule has 0 unspecified atom stereocenters. The van der Waals surface area contributed by atoms with Crippen molar-refractivity contribution < 1.29 is 9.18 Å². The van der Waals surface area contributed by atoms with Crippen molar-refractivity contribution in [2.75, 3.05) is 0 Å². The van der Waals surface area contributed by atoms with Crippen LogP contribution in [0.3, 0.4) is 0 Å². The molecule has 2 heterocycles. The highest BCUT2D eigenvalue weighted by Crippen LogP contribution is 2.28. The van der Waals surface area contributed by atoms with E-state index in [-0.39, 0.29) is 32.7 Å². The Hall–Kier alpha value is -2.06. The van der Waals surface area contributed by atoms with E-state index in [1.807, 2.05) is 0 Å². The molecule has 3 rings (SSSR count). The first-order valence-corrected chi connectivity index (χ1v) is 9.43. The van der Waals surface area contributed by atoms with E-state index in [4.69, 9.17) is 34.8 Å². The summed E-state index contributed by atoms with van der Waals surface area (Å²) < 4.78 is 12.9. The van der Waals surface area contributed by atoms with E-state index in [0.29, 0.717) is 10.6 Å². The topological polar surface area (TPSA) is 67.8 Å². The first-order chi connectivity index (χ1) is 12.9. The Morgan fingerprint density at radius 1 is 1.11 bits per heavy atom. The fraction of sp³-hybridized carbons (Fsp3) is 0.0588. The van der Waals surface area contributed by atoms with Gasteiger partial charge >= 0.3 is 0 Å². The third-order valence-corrected chi connectivity index (χ3v) is 5.18. The number of pyridine rings is 1. The Bertz CT molecular complexity index is 1010. The number of nitrogens with zero attached hydrogens (tertiary/aromatic N) is 3. The Morgan fingerprint density at radius 2 is 1.81 bits per heavy atom. The first kappa shape index (κ1) is 19.7. The van der Waals surface area contributed by atoms with Gasteiger partial charge in [-0.3, -0.25) is 4.79 Å². The van der Waals surface area contributed by atoms with Crippen LogP contribution in [0.2, 0.25) is 10.3 Å². The summed E-state index contributed by atoms with van der Waals surface area (Å²) in [6.45, 7) is 0.240. The van der Waals surface area contributed by atoms with E-state index in [1.165, 1.54) is 12.1 Å². The van der Waals surface area contributed by atoms with Crippen molar-refractivity contribution >= 4 is 63.2 Å².